The zero-order valence-corrected chi connectivity index (χ0v) is 12.8. The summed E-state index contributed by atoms with van der Waals surface area (Å²) in [5.41, 5.74) is 0. The van der Waals surface area contributed by atoms with Gasteiger partial charge in [-0.2, -0.15) is 0 Å². The topological polar surface area (TPSA) is 72.5 Å². The van der Waals surface area contributed by atoms with Crippen LogP contribution in [-0.2, 0) is 14.8 Å². The smallest absolute Gasteiger partial charge is 0.349 e. The molecule has 1 N–H and O–H groups in total. The number of carbonyl (C=O) groups excluding carboxylic acids is 1. The highest BCUT2D eigenvalue weighted by atomic mass is 32.2. The Morgan fingerprint density at radius 2 is 2.11 bits per heavy atom. The van der Waals surface area contributed by atoms with Crippen molar-refractivity contribution >= 4 is 27.3 Å². The van der Waals surface area contributed by atoms with E-state index >= 15 is 0 Å². The van der Waals surface area contributed by atoms with E-state index in [1.807, 2.05) is 0 Å². The summed E-state index contributed by atoms with van der Waals surface area (Å²) in [6.07, 6.45) is 3.98. The van der Waals surface area contributed by atoms with Gasteiger partial charge in [0.05, 0.1) is 7.11 Å². The van der Waals surface area contributed by atoms with Gasteiger partial charge in [0.2, 0.25) is 10.0 Å². The summed E-state index contributed by atoms with van der Waals surface area (Å²) in [5.74, 6) is -0.624. The molecule has 0 spiro atoms. The minimum Gasteiger partial charge on any atom is -0.465 e. The SMILES string of the molecule is CCCCCCNS(=O)(=O)c1ccsc1C(=O)OC. The number of unbranched alkanes of at least 4 members (excludes halogenated alkanes) is 3. The molecule has 0 saturated heterocycles. The van der Waals surface area contributed by atoms with E-state index < -0.39 is 16.0 Å². The number of thiophene rings is 1. The molecule has 0 unspecified atom stereocenters. The van der Waals surface area contributed by atoms with Gasteiger partial charge >= 0.3 is 5.97 Å². The van der Waals surface area contributed by atoms with E-state index in [-0.39, 0.29) is 9.77 Å². The molecule has 0 aliphatic rings. The van der Waals surface area contributed by atoms with Crippen LogP contribution in [0.25, 0.3) is 0 Å². The lowest BCUT2D eigenvalue weighted by Crippen LogP contribution is -2.25. The molecule has 0 atom stereocenters. The van der Waals surface area contributed by atoms with E-state index in [2.05, 4.69) is 16.4 Å². The number of sulfonamides is 1. The average molecular weight is 305 g/mol. The monoisotopic (exact) mass is 305 g/mol. The molecule has 0 aliphatic heterocycles. The summed E-state index contributed by atoms with van der Waals surface area (Å²) in [6, 6.07) is 1.42. The van der Waals surface area contributed by atoms with Gasteiger partial charge in [-0.1, -0.05) is 26.2 Å². The number of hydrogen-bond acceptors (Lipinski definition) is 5. The van der Waals surface area contributed by atoms with Crippen molar-refractivity contribution in [2.75, 3.05) is 13.7 Å². The lowest BCUT2D eigenvalue weighted by molar-refractivity contribution is 0.0602. The van der Waals surface area contributed by atoms with Crippen molar-refractivity contribution < 1.29 is 17.9 Å². The molecule has 7 heteroatoms. The molecular weight excluding hydrogens is 286 g/mol. The van der Waals surface area contributed by atoms with Crippen LogP contribution in [0.4, 0.5) is 0 Å². The van der Waals surface area contributed by atoms with Crippen LogP contribution in [0.1, 0.15) is 42.3 Å². The lowest BCUT2D eigenvalue weighted by Gasteiger charge is -2.06. The molecule has 0 bridgehead atoms. The average Bonchev–Trinajstić information content (AvgIpc) is 2.87. The van der Waals surface area contributed by atoms with E-state index in [9.17, 15) is 13.2 Å². The largest absolute Gasteiger partial charge is 0.465 e. The molecule has 1 rings (SSSR count). The van der Waals surface area contributed by atoms with Crippen molar-refractivity contribution in [3.05, 3.63) is 16.3 Å². The molecule has 19 heavy (non-hydrogen) atoms. The third-order valence-corrected chi connectivity index (χ3v) is 5.14. The first kappa shape index (κ1) is 16.1. The van der Waals surface area contributed by atoms with E-state index in [4.69, 9.17) is 0 Å². The first-order chi connectivity index (χ1) is 9.03. The van der Waals surface area contributed by atoms with Crippen LogP contribution >= 0.6 is 11.3 Å². The van der Waals surface area contributed by atoms with Gasteiger partial charge in [-0.25, -0.2) is 17.9 Å². The second-order valence-electron chi connectivity index (χ2n) is 4.06. The molecule has 1 heterocycles. The van der Waals surface area contributed by atoms with Crippen molar-refractivity contribution in [2.24, 2.45) is 0 Å². The molecule has 0 saturated carbocycles. The Morgan fingerprint density at radius 1 is 1.37 bits per heavy atom. The predicted octanol–water partition coefficient (Wildman–Crippen LogP) is 2.39. The summed E-state index contributed by atoms with van der Waals surface area (Å²) in [7, 11) is -2.40. The fraction of sp³-hybridized carbons (Fsp3) is 0.583. The molecule has 1 aromatic rings. The Kier molecular flexibility index (Phi) is 6.47. The molecule has 0 aliphatic carbocycles. The Balaban J connectivity index is 2.67. The minimum absolute atomic E-state index is 0.000147. The van der Waals surface area contributed by atoms with Gasteiger partial charge in [0.25, 0.3) is 0 Å². The van der Waals surface area contributed by atoms with Crippen LogP contribution in [0.15, 0.2) is 16.3 Å². The van der Waals surface area contributed by atoms with E-state index in [0.717, 1.165) is 37.0 Å². The van der Waals surface area contributed by atoms with Gasteiger partial charge in [0.1, 0.15) is 9.77 Å². The second kappa shape index (κ2) is 7.62. The maximum atomic E-state index is 12.1. The van der Waals surface area contributed by atoms with Crippen LogP contribution < -0.4 is 4.72 Å². The third-order valence-electron chi connectivity index (χ3n) is 2.61. The van der Waals surface area contributed by atoms with Gasteiger partial charge in [-0.3, -0.25) is 0 Å². The number of carbonyl (C=O) groups is 1. The maximum Gasteiger partial charge on any atom is 0.349 e. The minimum atomic E-state index is -3.63. The van der Waals surface area contributed by atoms with Gasteiger partial charge in [-0.05, 0) is 17.9 Å². The Morgan fingerprint density at radius 3 is 2.74 bits per heavy atom. The fourth-order valence-electron chi connectivity index (χ4n) is 1.59. The van der Waals surface area contributed by atoms with Gasteiger partial charge in [0, 0.05) is 6.54 Å². The number of hydrogen-bond donors (Lipinski definition) is 1. The predicted molar refractivity (Wildman–Crippen MR) is 75.0 cm³/mol. The summed E-state index contributed by atoms with van der Waals surface area (Å²) in [6.45, 7) is 2.48. The van der Waals surface area contributed by atoms with Crippen LogP contribution in [0.5, 0.6) is 0 Å². The van der Waals surface area contributed by atoms with Crippen molar-refractivity contribution in [2.45, 2.75) is 37.5 Å². The Hall–Kier alpha value is -0.920. The van der Waals surface area contributed by atoms with Gasteiger partial charge < -0.3 is 4.74 Å². The molecule has 1 aromatic heterocycles. The van der Waals surface area contributed by atoms with Crippen LogP contribution in [0, 0.1) is 0 Å². The van der Waals surface area contributed by atoms with Crippen LogP contribution in [0.3, 0.4) is 0 Å². The van der Waals surface area contributed by atoms with Crippen molar-refractivity contribution in [1.82, 2.24) is 4.72 Å². The maximum absolute atomic E-state index is 12.1. The van der Waals surface area contributed by atoms with E-state index in [1.54, 1.807) is 5.38 Å². The van der Waals surface area contributed by atoms with Gasteiger partial charge in [0.15, 0.2) is 0 Å². The molecule has 108 valence electrons. The fourth-order valence-corrected chi connectivity index (χ4v) is 3.99. The molecular formula is C12H19NO4S2. The van der Waals surface area contributed by atoms with E-state index in [0.29, 0.717) is 6.54 Å². The lowest BCUT2D eigenvalue weighted by atomic mass is 10.2. The summed E-state index contributed by atoms with van der Waals surface area (Å²) < 4.78 is 31.2. The van der Waals surface area contributed by atoms with Crippen molar-refractivity contribution in [3.63, 3.8) is 0 Å². The van der Waals surface area contributed by atoms with Crippen LogP contribution in [-0.4, -0.2) is 28.0 Å². The standard InChI is InChI=1S/C12H19NO4S2/c1-3-4-5-6-8-13-19(15,16)10-7-9-18-11(10)12(14)17-2/h7,9,13H,3-6,8H2,1-2H3. The van der Waals surface area contributed by atoms with Crippen LogP contribution in [0.2, 0.25) is 0 Å². The number of nitrogens with one attached hydrogen (secondary N) is 1. The zero-order valence-electron chi connectivity index (χ0n) is 11.1. The first-order valence-electron chi connectivity index (χ1n) is 6.18. The number of esters is 1. The summed E-state index contributed by atoms with van der Waals surface area (Å²) >= 11 is 1.06. The van der Waals surface area contributed by atoms with E-state index in [1.165, 1.54) is 13.2 Å². The number of rotatable bonds is 8. The quantitative estimate of drug-likeness (QED) is 0.591. The number of ether oxygens (including phenoxy) is 1. The Bertz CT molecular complexity index is 508. The summed E-state index contributed by atoms with van der Waals surface area (Å²) in [4.78, 5) is 11.6. The van der Waals surface area contributed by atoms with Crippen molar-refractivity contribution in [1.29, 1.82) is 0 Å². The third kappa shape index (κ3) is 4.59. The highest BCUT2D eigenvalue weighted by molar-refractivity contribution is 7.89. The molecule has 5 nitrogen and oxygen atoms in total. The summed E-state index contributed by atoms with van der Waals surface area (Å²) in [5, 5.41) is 1.57. The zero-order chi connectivity index (χ0) is 14.3. The highest BCUT2D eigenvalue weighted by Crippen LogP contribution is 2.22. The second-order valence-corrected chi connectivity index (χ2v) is 6.72. The number of methoxy groups -OCH3 is 1. The molecule has 0 amide bonds. The molecule has 0 fully saturated rings. The highest BCUT2D eigenvalue weighted by Gasteiger charge is 2.23. The molecule has 0 aromatic carbocycles. The van der Waals surface area contributed by atoms with Gasteiger partial charge in [-0.15, -0.1) is 11.3 Å². The van der Waals surface area contributed by atoms with Crippen molar-refractivity contribution in [3.8, 4) is 0 Å². The molecule has 0 radical (unpaired) electrons. The first-order valence-corrected chi connectivity index (χ1v) is 8.54. The normalized spacial score (nSPS) is 11.5. The Labute approximate surface area is 118 Å².